The number of thioether (sulfide) groups is 1. The molecule has 37 heavy (non-hydrogen) atoms. The van der Waals surface area contributed by atoms with E-state index < -0.39 is 35.6 Å². The van der Waals surface area contributed by atoms with Crippen molar-refractivity contribution in [3.8, 4) is 11.1 Å². The first-order chi connectivity index (χ1) is 17.8. The Bertz CT molecular complexity index is 1450. The number of benzene rings is 3. The summed E-state index contributed by atoms with van der Waals surface area (Å²) in [6, 6.07) is 19.3. The summed E-state index contributed by atoms with van der Waals surface area (Å²) in [6.45, 7) is -0.419. The summed E-state index contributed by atoms with van der Waals surface area (Å²) in [5.41, 5.74) is 5.45. The van der Waals surface area contributed by atoms with Crippen molar-refractivity contribution in [2.45, 2.75) is 18.1 Å². The van der Waals surface area contributed by atoms with E-state index in [1.54, 1.807) is 6.07 Å². The van der Waals surface area contributed by atoms with E-state index in [1.807, 2.05) is 24.3 Å². The third kappa shape index (κ3) is 4.90. The maximum Gasteiger partial charge on any atom is 0.338 e. The number of aliphatic carboxylic acids is 1. The summed E-state index contributed by atoms with van der Waals surface area (Å²) in [6.07, 6.45) is 0.664. The number of nitrogens with zero attached hydrogens (tertiary/aromatic N) is 1. The van der Waals surface area contributed by atoms with Gasteiger partial charge in [0.25, 0.3) is 0 Å². The third-order valence-electron chi connectivity index (χ3n) is 6.32. The van der Waals surface area contributed by atoms with Crippen LogP contribution in [0, 0.1) is 0 Å². The number of imide groups is 1. The Morgan fingerprint density at radius 2 is 1.62 bits per heavy atom. The fraction of sp³-hybridized carbons (Fsp3) is 0.179. The zero-order valence-electron chi connectivity index (χ0n) is 19.5. The number of rotatable bonds is 8. The maximum atomic E-state index is 12.7. The van der Waals surface area contributed by atoms with E-state index in [2.05, 4.69) is 12.1 Å². The van der Waals surface area contributed by atoms with Gasteiger partial charge in [0.1, 0.15) is 0 Å². The minimum atomic E-state index is -1.06. The van der Waals surface area contributed by atoms with Gasteiger partial charge in [-0.1, -0.05) is 36.4 Å². The van der Waals surface area contributed by atoms with Gasteiger partial charge < -0.3 is 9.84 Å². The van der Waals surface area contributed by atoms with Crippen LogP contribution in [0.2, 0.25) is 0 Å². The molecule has 8 nitrogen and oxygen atoms in total. The fourth-order valence-corrected chi connectivity index (χ4v) is 5.39. The Morgan fingerprint density at radius 1 is 0.919 bits per heavy atom. The van der Waals surface area contributed by atoms with Crippen LogP contribution in [0.15, 0.2) is 66.7 Å². The van der Waals surface area contributed by atoms with Crippen LogP contribution >= 0.6 is 11.8 Å². The van der Waals surface area contributed by atoms with E-state index in [1.165, 1.54) is 35.4 Å². The number of hydrogen-bond acceptors (Lipinski definition) is 7. The van der Waals surface area contributed by atoms with Crippen molar-refractivity contribution in [3.63, 3.8) is 0 Å². The molecule has 0 saturated carbocycles. The number of ketones is 1. The van der Waals surface area contributed by atoms with Gasteiger partial charge in [-0.2, -0.15) is 0 Å². The molecule has 2 aliphatic rings. The normalized spacial score (nSPS) is 15.9. The molecule has 1 saturated heterocycles. The van der Waals surface area contributed by atoms with Crippen LogP contribution in [0.25, 0.3) is 11.1 Å². The molecule has 1 N–H and O–H groups in total. The van der Waals surface area contributed by atoms with E-state index in [0.29, 0.717) is 5.56 Å². The molecule has 2 amide bonds. The molecule has 1 unspecified atom stereocenters. The summed E-state index contributed by atoms with van der Waals surface area (Å²) in [5, 5.41) is 8.05. The highest BCUT2D eigenvalue weighted by molar-refractivity contribution is 8.01. The molecule has 0 aromatic heterocycles. The zero-order chi connectivity index (χ0) is 26.1. The van der Waals surface area contributed by atoms with Crippen molar-refractivity contribution >= 4 is 47.0 Å². The zero-order valence-corrected chi connectivity index (χ0v) is 20.3. The largest absolute Gasteiger partial charge is 0.481 e. The second kappa shape index (κ2) is 10.0. The minimum absolute atomic E-state index is 0.0858. The SMILES string of the molecule is O=C(O)CSC1CC(=O)N(c2ccc(C(=O)OCC(=O)c3ccc4c(c3)Cc3ccccc3-4)cc2)C1=O. The number of Topliss-reactive ketones (excluding diaryl/α,β-unsaturated/α-hetero) is 1. The van der Waals surface area contributed by atoms with Crippen LogP contribution in [-0.2, 0) is 25.5 Å². The van der Waals surface area contributed by atoms with Crippen LogP contribution in [-0.4, -0.2) is 52.3 Å². The van der Waals surface area contributed by atoms with Crippen LogP contribution in [0.3, 0.4) is 0 Å². The molecular formula is C28H21NO7S. The summed E-state index contributed by atoms with van der Waals surface area (Å²) < 4.78 is 5.21. The van der Waals surface area contributed by atoms with E-state index in [-0.39, 0.29) is 29.2 Å². The van der Waals surface area contributed by atoms with Crippen molar-refractivity contribution in [1.29, 1.82) is 0 Å². The molecule has 3 aromatic rings. The van der Waals surface area contributed by atoms with E-state index >= 15 is 0 Å². The van der Waals surface area contributed by atoms with Crippen LogP contribution < -0.4 is 4.90 Å². The highest BCUT2D eigenvalue weighted by Gasteiger charge is 2.40. The van der Waals surface area contributed by atoms with Gasteiger partial charge in [-0.3, -0.25) is 19.2 Å². The quantitative estimate of drug-likeness (QED) is 0.214. The van der Waals surface area contributed by atoms with E-state index in [4.69, 9.17) is 9.84 Å². The molecule has 1 aliphatic heterocycles. The van der Waals surface area contributed by atoms with Crippen molar-refractivity contribution < 1.29 is 33.8 Å². The van der Waals surface area contributed by atoms with Gasteiger partial charge in [0.2, 0.25) is 11.8 Å². The first-order valence-corrected chi connectivity index (χ1v) is 12.6. The molecule has 1 atom stereocenters. The molecule has 0 bridgehead atoms. The number of hydrogen-bond donors (Lipinski definition) is 1. The summed E-state index contributed by atoms with van der Waals surface area (Å²) >= 11 is 0.904. The van der Waals surface area contributed by atoms with Crippen LogP contribution in [0.5, 0.6) is 0 Å². The lowest BCUT2D eigenvalue weighted by atomic mass is 10.0. The molecular weight excluding hydrogens is 494 g/mol. The lowest BCUT2D eigenvalue weighted by Gasteiger charge is -2.15. The van der Waals surface area contributed by atoms with Crippen molar-refractivity contribution in [2.75, 3.05) is 17.3 Å². The highest BCUT2D eigenvalue weighted by atomic mass is 32.2. The summed E-state index contributed by atoms with van der Waals surface area (Å²) in [4.78, 5) is 61.8. The van der Waals surface area contributed by atoms with Gasteiger partial charge in [-0.05, 0) is 59.0 Å². The predicted octanol–water partition coefficient (Wildman–Crippen LogP) is 3.75. The first kappa shape index (κ1) is 24.5. The number of ether oxygens (including phenoxy) is 1. The topological polar surface area (TPSA) is 118 Å². The second-order valence-corrected chi connectivity index (χ2v) is 9.91. The predicted molar refractivity (Wildman–Crippen MR) is 137 cm³/mol. The maximum absolute atomic E-state index is 12.7. The minimum Gasteiger partial charge on any atom is -0.481 e. The van der Waals surface area contributed by atoms with Gasteiger partial charge in [0.05, 0.1) is 22.3 Å². The second-order valence-electron chi connectivity index (χ2n) is 8.72. The monoisotopic (exact) mass is 515 g/mol. The number of amides is 2. The standard InChI is InChI=1S/C28H21NO7S/c30-23(18-7-10-22-19(12-18)11-17-3-1-2-4-21(17)22)14-36-28(35)16-5-8-20(9-6-16)29-25(31)13-24(27(29)34)37-15-26(32)33/h1-10,12,24H,11,13-15H2,(H,32,33). The van der Waals surface area contributed by atoms with Gasteiger partial charge >= 0.3 is 11.9 Å². The molecule has 186 valence electrons. The number of fused-ring (bicyclic) bond motifs is 3. The van der Waals surface area contributed by atoms with Crippen LogP contribution in [0.4, 0.5) is 5.69 Å². The number of carboxylic acid groups (broad SMARTS) is 1. The third-order valence-corrected chi connectivity index (χ3v) is 7.51. The highest BCUT2D eigenvalue weighted by Crippen LogP contribution is 2.36. The lowest BCUT2D eigenvalue weighted by Crippen LogP contribution is -2.31. The molecule has 0 spiro atoms. The summed E-state index contributed by atoms with van der Waals surface area (Å²) in [5.74, 6) is -3.29. The van der Waals surface area contributed by atoms with Gasteiger partial charge in [-0.25, -0.2) is 9.69 Å². The molecule has 1 aliphatic carbocycles. The molecule has 1 fully saturated rings. The van der Waals surface area contributed by atoms with Gasteiger partial charge in [0.15, 0.2) is 12.4 Å². The number of carbonyl (C=O) groups excluding carboxylic acids is 4. The molecule has 1 heterocycles. The average Bonchev–Trinajstić information content (AvgIpc) is 3.41. The lowest BCUT2D eigenvalue weighted by molar-refractivity contribution is -0.134. The Morgan fingerprint density at radius 3 is 2.38 bits per heavy atom. The Hall–Kier alpha value is -4.24. The smallest absolute Gasteiger partial charge is 0.338 e. The van der Waals surface area contributed by atoms with E-state index in [9.17, 15) is 24.0 Å². The van der Waals surface area contributed by atoms with Crippen molar-refractivity contribution in [2.24, 2.45) is 0 Å². The number of anilines is 1. The Labute approximate surface area is 216 Å². The fourth-order valence-electron chi connectivity index (χ4n) is 4.54. The van der Waals surface area contributed by atoms with Gasteiger partial charge in [-0.15, -0.1) is 11.8 Å². The summed E-state index contributed by atoms with van der Waals surface area (Å²) in [7, 11) is 0. The van der Waals surface area contributed by atoms with E-state index in [0.717, 1.165) is 34.2 Å². The Kier molecular flexibility index (Phi) is 6.62. The Balaban J connectivity index is 1.19. The molecule has 3 aromatic carbocycles. The number of esters is 1. The first-order valence-electron chi connectivity index (χ1n) is 11.5. The van der Waals surface area contributed by atoms with Crippen molar-refractivity contribution in [1.82, 2.24) is 0 Å². The number of carboxylic acids is 1. The molecule has 9 heteroatoms. The molecule has 5 rings (SSSR count). The molecule has 0 radical (unpaired) electrons. The average molecular weight is 516 g/mol. The van der Waals surface area contributed by atoms with Crippen LogP contribution in [0.1, 0.15) is 38.3 Å². The van der Waals surface area contributed by atoms with Crippen molar-refractivity contribution in [3.05, 3.63) is 89.0 Å². The number of carbonyl (C=O) groups is 5. The van der Waals surface area contributed by atoms with Gasteiger partial charge in [0, 0.05) is 12.0 Å².